The molecule has 0 spiro atoms. The maximum absolute atomic E-state index is 11.7. The summed E-state index contributed by atoms with van der Waals surface area (Å²) >= 11 is 6.20. The largest absolute Gasteiger partial charge is 0.493 e. The van der Waals surface area contributed by atoms with Gasteiger partial charge in [0.05, 0.1) is 12.0 Å². The van der Waals surface area contributed by atoms with Gasteiger partial charge in [0, 0.05) is 0 Å². The van der Waals surface area contributed by atoms with Crippen molar-refractivity contribution in [2.24, 2.45) is 0 Å². The Hall–Kier alpha value is -2.32. The van der Waals surface area contributed by atoms with Gasteiger partial charge in [0.1, 0.15) is 4.32 Å². The first-order valence-electron chi connectivity index (χ1n) is 6.85. The summed E-state index contributed by atoms with van der Waals surface area (Å²) in [4.78, 5) is 22.9. The summed E-state index contributed by atoms with van der Waals surface area (Å²) in [6.07, 6.45) is 3.63. The van der Waals surface area contributed by atoms with Gasteiger partial charge < -0.3 is 19.9 Å². The second-order valence-corrected chi connectivity index (χ2v) is 6.47. The number of aliphatic carboxylic acids is 1. The van der Waals surface area contributed by atoms with Crippen molar-refractivity contribution < 1.29 is 24.2 Å². The molecule has 1 aliphatic heterocycles. The predicted molar refractivity (Wildman–Crippen MR) is 96.2 cm³/mol. The topological polar surface area (TPSA) is 84.9 Å². The Bertz CT molecular complexity index is 755. The van der Waals surface area contributed by atoms with Gasteiger partial charge >= 0.3 is 5.97 Å². The standard InChI is InChI=1S/C16H15NO5S2/c1-9(14-15(20)17-16(23)24-14)3-4-10-5-6-11(12(7-10)21-2)22-8-13(18)19/h3-7H,8H2,1-2H3,(H,18,19)(H,17,20,23). The minimum atomic E-state index is -1.06. The molecule has 0 unspecified atom stereocenters. The van der Waals surface area contributed by atoms with Gasteiger partial charge in [-0.3, -0.25) is 4.79 Å². The van der Waals surface area contributed by atoms with Crippen LogP contribution in [-0.4, -0.2) is 35.0 Å². The lowest BCUT2D eigenvalue weighted by molar-refractivity contribution is -0.139. The first-order chi connectivity index (χ1) is 11.4. The zero-order valence-corrected chi connectivity index (χ0v) is 14.6. The molecule has 0 aromatic heterocycles. The molecule has 2 rings (SSSR count). The van der Waals surface area contributed by atoms with Gasteiger partial charge in [-0.25, -0.2) is 4.79 Å². The number of carboxylic acids is 1. The fraction of sp³-hybridized carbons (Fsp3) is 0.188. The summed E-state index contributed by atoms with van der Waals surface area (Å²) in [6, 6.07) is 5.12. The van der Waals surface area contributed by atoms with E-state index in [2.05, 4.69) is 5.32 Å². The molecule has 1 heterocycles. The van der Waals surface area contributed by atoms with Crippen LogP contribution in [0.3, 0.4) is 0 Å². The third-order valence-corrected chi connectivity index (χ3v) is 4.39. The number of hydrogen-bond donors (Lipinski definition) is 2. The summed E-state index contributed by atoms with van der Waals surface area (Å²) in [6.45, 7) is 1.39. The van der Waals surface area contributed by atoms with Crippen molar-refractivity contribution in [2.45, 2.75) is 6.92 Å². The Morgan fingerprint density at radius 3 is 2.75 bits per heavy atom. The van der Waals surface area contributed by atoms with E-state index in [0.29, 0.717) is 20.7 Å². The number of nitrogens with one attached hydrogen (secondary N) is 1. The lowest BCUT2D eigenvalue weighted by Crippen LogP contribution is -2.18. The quantitative estimate of drug-likeness (QED) is 0.592. The monoisotopic (exact) mass is 365 g/mol. The third-order valence-electron chi connectivity index (χ3n) is 3.04. The second kappa shape index (κ2) is 7.98. The minimum Gasteiger partial charge on any atom is -0.493 e. The van der Waals surface area contributed by atoms with Gasteiger partial charge in [-0.2, -0.15) is 0 Å². The molecule has 0 saturated carbocycles. The van der Waals surface area contributed by atoms with Crippen molar-refractivity contribution in [3.8, 4) is 11.5 Å². The van der Waals surface area contributed by atoms with Gasteiger partial charge in [-0.15, -0.1) is 0 Å². The van der Waals surface area contributed by atoms with Gasteiger partial charge in [0.15, 0.2) is 18.1 Å². The molecule has 1 saturated heterocycles. The molecule has 1 aliphatic rings. The van der Waals surface area contributed by atoms with Crippen LogP contribution in [0.1, 0.15) is 12.5 Å². The first kappa shape index (κ1) is 18.0. The van der Waals surface area contributed by atoms with Crippen LogP contribution in [0.4, 0.5) is 0 Å². The maximum Gasteiger partial charge on any atom is 0.341 e. The molecule has 0 aliphatic carbocycles. The zero-order valence-electron chi connectivity index (χ0n) is 13.0. The van der Waals surface area contributed by atoms with Crippen molar-refractivity contribution in [3.63, 3.8) is 0 Å². The average Bonchev–Trinajstić information content (AvgIpc) is 2.89. The fourth-order valence-corrected chi connectivity index (χ4v) is 2.96. The number of carbonyl (C=O) groups is 2. The SMILES string of the molecule is COc1cc(C=CC(C)=C2SC(=S)NC2=O)ccc1OCC(=O)O. The number of thiocarbonyl (C=S) groups is 1. The zero-order chi connectivity index (χ0) is 17.7. The maximum atomic E-state index is 11.7. The molecular weight excluding hydrogens is 350 g/mol. The molecule has 2 N–H and O–H groups in total. The van der Waals surface area contributed by atoms with Crippen molar-refractivity contribution in [1.29, 1.82) is 0 Å². The van der Waals surface area contributed by atoms with Crippen LogP contribution in [-0.2, 0) is 9.59 Å². The summed E-state index contributed by atoms with van der Waals surface area (Å²) < 4.78 is 10.8. The summed E-state index contributed by atoms with van der Waals surface area (Å²) in [5.74, 6) is -0.475. The number of allylic oxidation sites excluding steroid dienone is 2. The second-order valence-electron chi connectivity index (χ2n) is 4.78. The van der Waals surface area contributed by atoms with Gasteiger partial charge in [0.2, 0.25) is 0 Å². The third kappa shape index (κ3) is 4.59. The Morgan fingerprint density at radius 2 is 2.17 bits per heavy atom. The highest BCUT2D eigenvalue weighted by atomic mass is 32.2. The number of benzene rings is 1. The van der Waals surface area contributed by atoms with E-state index in [4.69, 9.17) is 26.8 Å². The van der Waals surface area contributed by atoms with Crippen LogP contribution in [0.5, 0.6) is 11.5 Å². The van der Waals surface area contributed by atoms with E-state index in [1.54, 1.807) is 18.2 Å². The molecule has 1 aromatic rings. The van der Waals surface area contributed by atoms with E-state index < -0.39 is 12.6 Å². The molecule has 0 bridgehead atoms. The number of amides is 1. The highest BCUT2D eigenvalue weighted by molar-refractivity contribution is 8.26. The lowest BCUT2D eigenvalue weighted by atomic mass is 10.1. The van der Waals surface area contributed by atoms with E-state index >= 15 is 0 Å². The van der Waals surface area contributed by atoms with E-state index in [1.165, 1.54) is 18.9 Å². The Morgan fingerprint density at radius 1 is 1.42 bits per heavy atom. The summed E-state index contributed by atoms with van der Waals surface area (Å²) in [7, 11) is 1.48. The smallest absolute Gasteiger partial charge is 0.341 e. The number of hydrogen-bond acceptors (Lipinski definition) is 6. The minimum absolute atomic E-state index is 0.192. The Kier molecular flexibility index (Phi) is 5.99. The number of carbonyl (C=O) groups excluding carboxylic acids is 1. The number of rotatable bonds is 6. The highest BCUT2D eigenvalue weighted by Crippen LogP contribution is 2.30. The molecule has 24 heavy (non-hydrogen) atoms. The van der Waals surface area contributed by atoms with E-state index in [0.717, 1.165) is 11.1 Å². The Labute approximate surface area is 148 Å². The molecule has 8 heteroatoms. The van der Waals surface area contributed by atoms with Crippen LogP contribution in [0, 0.1) is 0 Å². The van der Waals surface area contributed by atoms with Gasteiger partial charge in [-0.1, -0.05) is 42.2 Å². The molecule has 6 nitrogen and oxygen atoms in total. The average molecular weight is 365 g/mol. The summed E-state index contributed by atoms with van der Waals surface area (Å²) in [5.41, 5.74) is 1.61. The van der Waals surface area contributed by atoms with E-state index in [9.17, 15) is 9.59 Å². The molecular formula is C16H15NO5S2. The van der Waals surface area contributed by atoms with Crippen molar-refractivity contribution in [2.75, 3.05) is 13.7 Å². The van der Waals surface area contributed by atoms with Crippen molar-refractivity contribution >= 4 is 46.3 Å². The van der Waals surface area contributed by atoms with Gasteiger partial charge in [-0.05, 0) is 30.2 Å². The van der Waals surface area contributed by atoms with Crippen molar-refractivity contribution in [1.82, 2.24) is 5.32 Å². The highest BCUT2D eigenvalue weighted by Gasteiger charge is 2.23. The molecule has 1 fully saturated rings. The molecule has 126 valence electrons. The number of methoxy groups -OCH3 is 1. The molecule has 1 aromatic carbocycles. The number of carboxylic acid groups (broad SMARTS) is 1. The number of thioether (sulfide) groups is 1. The van der Waals surface area contributed by atoms with E-state index in [-0.39, 0.29) is 5.91 Å². The fourth-order valence-electron chi connectivity index (χ4n) is 1.92. The van der Waals surface area contributed by atoms with Crippen LogP contribution < -0.4 is 14.8 Å². The predicted octanol–water partition coefficient (Wildman–Crippen LogP) is 2.59. The lowest BCUT2D eigenvalue weighted by Gasteiger charge is -2.09. The van der Waals surface area contributed by atoms with Crippen LogP contribution in [0.15, 0.2) is 34.8 Å². The van der Waals surface area contributed by atoms with Gasteiger partial charge in [0.25, 0.3) is 5.91 Å². The Balaban J connectivity index is 2.18. The van der Waals surface area contributed by atoms with Crippen LogP contribution in [0.2, 0.25) is 0 Å². The first-order valence-corrected chi connectivity index (χ1v) is 8.08. The normalized spacial score (nSPS) is 16.2. The van der Waals surface area contributed by atoms with E-state index in [1.807, 2.05) is 19.1 Å². The number of ether oxygens (including phenoxy) is 2. The van der Waals surface area contributed by atoms with Crippen LogP contribution >= 0.6 is 24.0 Å². The molecule has 0 radical (unpaired) electrons. The van der Waals surface area contributed by atoms with Crippen LogP contribution in [0.25, 0.3) is 6.08 Å². The molecule has 1 amide bonds. The summed E-state index contributed by atoms with van der Waals surface area (Å²) in [5, 5.41) is 11.2. The molecule has 0 atom stereocenters. The van der Waals surface area contributed by atoms with Crippen molar-refractivity contribution in [3.05, 3.63) is 40.3 Å².